The van der Waals surface area contributed by atoms with Crippen molar-refractivity contribution in [1.29, 1.82) is 0 Å². The molecule has 1 saturated heterocycles. The molecule has 0 N–H and O–H groups in total. The predicted molar refractivity (Wildman–Crippen MR) is 35.6 cm³/mol. The Hall–Kier alpha value is 0.210. The van der Waals surface area contributed by atoms with Crippen molar-refractivity contribution in [2.24, 2.45) is 0 Å². The molecule has 1 heterocycles. The Labute approximate surface area is 60.1 Å². The molecule has 1 unspecified atom stereocenters. The Bertz CT molecular complexity index is 71.5. The Morgan fingerprint density at radius 2 is 2.56 bits per heavy atom. The number of hydrogen-bond donors (Lipinski definition) is 0. The maximum Gasteiger partial charge on any atom is 0.157 e. The number of hydrogen-bond acceptors (Lipinski definition) is 2. The molecule has 0 bridgehead atoms. The van der Waals surface area contributed by atoms with Crippen LogP contribution in [-0.2, 0) is 9.47 Å². The van der Waals surface area contributed by atoms with Crippen molar-refractivity contribution in [2.45, 2.75) is 19.1 Å². The molecule has 0 aliphatic carbocycles. The maximum atomic E-state index is 5.40. The molecule has 2 nitrogen and oxygen atoms in total. The van der Waals surface area contributed by atoms with E-state index in [2.05, 4.69) is 0 Å². The van der Waals surface area contributed by atoms with Crippen molar-refractivity contribution >= 4 is 11.6 Å². The van der Waals surface area contributed by atoms with E-state index in [1.54, 1.807) is 0 Å². The first-order chi connectivity index (χ1) is 4.43. The van der Waals surface area contributed by atoms with E-state index in [1.165, 1.54) is 0 Å². The van der Waals surface area contributed by atoms with Crippen LogP contribution in [0.1, 0.15) is 12.8 Å². The van der Waals surface area contributed by atoms with Gasteiger partial charge in [-0.1, -0.05) is 0 Å². The van der Waals surface area contributed by atoms with Gasteiger partial charge in [0.1, 0.15) is 0 Å². The summed E-state index contributed by atoms with van der Waals surface area (Å²) in [4.78, 5) is 0. The quantitative estimate of drug-likeness (QED) is 0.566. The summed E-state index contributed by atoms with van der Waals surface area (Å²) in [7, 11) is 0. The lowest BCUT2D eigenvalue weighted by Crippen LogP contribution is -2.11. The van der Waals surface area contributed by atoms with Crippen molar-refractivity contribution in [1.82, 2.24) is 0 Å². The van der Waals surface area contributed by atoms with E-state index in [0.29, 0.717) is 12.5 Å². The first-order valence-electron chi connectivity index (χ1n) is 3.22. The molecule has 0 aromatic rings. The molecule has 1 aliphatic rings. The van der Waals surface area contributed by atoms with E-state index in [0.717, 1.165) is 19.4 Å². The topological polar surface area (TPSA) is 18.5 Å². The van der Waals surface area contributed by atoms with Gasteiger partial charge in [0, 0.05) is 18.9 Å². The van der Waals surface area contributed by atoms with Gasteiger partial charge in [0.2, 0.25) is 0 Å². The van der Waals surface area contributed by atoms with E-state index in [9.17, 15) is 0 Å². The highest BCUT2D eigenvalue weighted by Crippen LogP contribution is 2.12. The predicted octanol–water partition coefficient (Wildman–Crippen LogP) is 1.38. The average molecular weight is 151 g/mol. The van der Waals surface area contributed by atoms with Crippen LogP contribution in [0.25, 0.3) is 0 Å². The molecule has 1 aliphatic heterocycles. The van der Waals surface area contributed by atoms with Gasteiger partial charge in [-0.2, -0.15) is 0 Å². The fraction of sp³-hybridized carbons (Fsp3) is 1.00. The standard InChI is InChI=1S/C6H11ClO2/c7-3-5-9-6-2-1-4-8-6/h6H,1-5H2. The van der Waals surface area contributed by atoms with Gasteiger partial charge < -0.3 is 9.47 Å². The van der Waals surface area contributed by atoms with Gasteiger partial charge in [-0.25, -0.2) is 0 Å². The second-order valence-electron chi connectivity index (χ2n) is 2.00. The van der Waals surface area contributed by atoms with Gasteiger partial charge >= 0.3 is 0 Å². The molecule has 9 heavy (non-hydrogen) atoms. The highest BCUT2D eigenvalue weighted by Gasteiger charge is 2.14. The van der Waals surface area contributed by atoms with Crippen LogP contribution in [0.3, 0.4) is 0 Å². The Kier molecular flexibility index (Phi) is 3.33. The lowest BCUT2D eigenvalue weighted by Gasteiger charge is -2.07. The summed E-state index contributed by atoms with van der Waals surface area (Å²) in [5.74, 6) is 0.555. The minimum atomic E-state index is 0.0312. The minimum Gasteiger partial charge on any atom is -0.353 e. The third-order valence-corrected chi connectivity index (χ3v) is 1.42. The lowest BCUT2D eigenvalue weighted by molar-refractivity contribution is -0.106. The summed E-state index contributed by atoms with van der Waals surface area (Å²) in [5.41, 5.74) is 0. The zero-order valence-electron chi connectivity index (χ0n) is 5.31. The van der Waals surface area contributed by atoms with E-state index in [1.807, 2.05) is 0 Å². The molecule has 54 valence electrons. The summed E-state index contributed by atoms with van der Waals surface area (Å²) in [6.07, 6.45) is 2.17. The summed E-state index contributed by atoms with van der Waals surface area (Å²) in [6, 6.07) is 0. The van der Waals surface area contributed by atoms with Gasteiger partial charge in [0.05, 0.1) is 6.61 Å². The number of alkyl halides is 1. The summed E-state index contributed by atoms with van der Waals surface area (Å²) >= 11 is 5.40. The monoisotopic (exact) mass is 150 g/mol. The van der Waals surface area contributed by atoms with Gasteiger partial charge in [0.15, 0.2) is 6.29 Å². The van der Waals surface area contributed by atoms with E-state index in [-0.39, 0.29) is 6.29 Å². The fourth-order valence-electron chi connectivity index (χ4n) is 0.856. The molecular formula is C6H11ClO2. The molecule has 0 saturated carbocycles. The first-order valence-corrected chi connectivity index (χ1v) is 3.76. The Morgan fingerprint density at radius 3 is 3.11 bits per heavy atom. The molecule has 0 aromatic carbocycles. The van der Waals surface area contributed by atoms with Crippen molar-refractivity contribution in [3.8, 4) is 0 Å². The number of ether oxygens (including phenoxy) is 2. The second kappa shape index (κ2) is 4.09. The summed E-state index contributed by atoms with van der Waals surface area (Å²) in [6.45, 7) is 1.44. The lowest BCUT2D eigenvalue weighted by atomic mass is 10.4. The van der Waals surface area contributed by atoms with Crippen LogP contribution in [0.15, 0.2) is 0 Å². The first kappa shape index (κ1) is 7.32. The van der Waals surface area contributed by atoms with Crippen LogP contribution in [-0.4, -0.2) is 25.4 Å². The zero-order valence-corrected chi connectivity index (χ0v) is 6.06. The van der Waals surface area contributed by atoms with Gasteiger partial charge in [-0.15, -0.1) is 11.6 Å². The van der Waals surface area contributed by atoms with Crippen molar-refractivity contribution in [3.05, 3.63) is 0 Å². The second-order valence-corrected chi connectivity index (χ2v) is 2.38. The van der Waals surface area contributed by atoms with E-state index >= 15 is 0 Å². The van der Waals surface area contributed by atoms with Gasteiger partial charge in [-0.3, -0.25) is 0 Å². The highest BCUT2D eigenvalue weighted by atomic mass is 35.5. The van der Waals surface area contributed by atoms with Crippen LogP contribution in [0.4, 0.5) is 0 Å². The molecule has 0 aromatic heterocycles. The molecule has 3 heteroatoms. The molecule has 1 rings (SSSR count). The van der Waals surface area contributed by atoms with Crippen LogP contribution in [0.2, 0.25) is 0 Å². The Morgan fingerprint density at radius 1 is 1.67 bits per heavy atom. The van der Waals surface area contributed by atoms with Crippen LogP contribution in [0, 0.1) is 0 Å². The van der Waals surface area contributed by atoms with Gasteiger partial charge in [-0.05, 0) is 6.42 Å². The summed E-state index contributed by atoms with van der Waals surface area (Å²) < 4.78 is 10.4. The van der Waals surface area contributed by atoms with Crippen LogP contribution < -0.4 is 0 Å². The molecule has 1 fully saturated rings. The smallest absolute Gasteiger partial charge is 0.157 e. The zero-order chi connectivity index (χ0) is 6.53. The van der Waals surface area contributed by atoms with E-state index in [4.69, 9.17) is 21.1 Å². The number of rotatable bonds is 3. The van der Waals surface area contributed by atoms with Crippen molar-refractivity contribution in [3.63, 3.8) is 0 Å². The molecular weight excluding hydrogens is 140 g/mol. The van der Waals surface area contributed by atoms with Crippen LogP contribution in [0.5, 0.6) is 0 Å². The largest absolute Gasteiger partial charge is 0.353 e. The average Bonchev–Trinajstić information content (AvgIpc) is 2.34. The van der Waals surface area contributed by atoms with Gasteiger partial charge in [0.25, 0.3) is 0 Å². The number of halogens is 1. The maximum absolute atomic E-state index is 5.40. The highest BCUT2D eigenvalue weighted by molar-refractivity contribution is 6.17. The van der Waals surface area contributed by atoms with E-state index < -0.39 is 0 Å². The Balaban J connectivity index is 1.98. The van der Waals surface area contributed by atoms with Crippen LogP contribution >= 0.6 is 11.6 Å². The minimum absolute atomic E-state index is 0.0312. The molecule has 0 radical (unpaired) electrons. The summed E-state index contributed by atoms with van der Waals surface area (Å²) in [5, 5.41) is 0. The van der Waals surface area contributed by atoms with Crippen molar-refractivity contribution in [2.75, 3.05) is 19.1 Å². The third-order valence-electron chi connectivity index (χ3n) is 1.27. The fourth-order valence-corrected chi connectivity index (χ4v) is 0.945. The molecule has 0 amide bonds. The van der Waals surface area contributed by atoms with Crippen molar-refractivity contribution < 1.29 is 9.47 Å². The third kappa shape index (κ3) is 2.52. The SMILES string of the molecule is ClCCOC1CCCO1. The normalized spacial score (nSPS) is 27.0. The molecule has 1 atom stereocenters. The molecule has 0 spiro atoms.